The van der Waals surface area contributed by atoms with Crippen LogP contribution in [-0.4, -0.2) is 28.4 Å². The molecule has 178 valence electrons. The third-order valence-electron chi connectivity index (χ3n) is 5.91. The number of nitrogens with zero attached hydrogens (tertiary/aromatic N) is 2. The van der Waals surface area contributed by atoms with Gasteiger partial charge in [0.1, 0.15) is 11.4 Å². The maximum Gasteiger partial charge on any atom is 0.278 e. The van der Waals surface area contributed by atoms with Gasteiger partial charge in [-0.3, -0.25) is 19.0 Å². The highest BCUT2D eigenvalue weighted by Crippen LogP contribution is 2.28. The molecule has 0 fully saturated rings. The summed E-state index contributed by atoms with van der Waals surface area (Å²) in [5, 5.41) is 2.88. The van der Waals surface area contributed by atoms with Crippen LogP contribution in [0.2, 0.25) is 0 Å². The van der Waals surface area contributed by atoms with Crippen molar-refractivity contribution in [1.29, 1.82) is 0 Å². The van der Waals surface area contributed by atoms with E-state index < -0.39 is 5.56 Å². The number of ketones is 1. The molecule has 1 aromatic heterocycles. The van der Waals surface area contributed by atoms with Crippen molar-refractivity contribution < 1.29 is 14.3 Å². The van der Waals surface area contributed by atoms with E-state index in [0.29, 0.717) is 40.0 Å². The van der Waals surface area contributed by atoms with E-state index >= 15 is 0 Å². The lowest BCUT2D eigenvalue weighted by Gasteiger charge is -2.15. The van der Waals surface area contributed by atoms with Gasteiger partial charge in [0, 0.05) is 17.5 Å². The first-order valence-electron chi connectivity index (χ1n) is 11.5. The van der Waals surface area contributed by atoms with Gasteiger partial charge < -0.3 is 10.1 Å². The van der Waals surface area contributed by atoms with Gasteiger partial charge in [0.15, 0.2) is 5.78 Å². The van der Waals surface area contributed by atoms with Crippen LogP contribution in [0.3, 0.4) is 0 Å². The van der Waals surface area contributed by atoms with Crippen LogP contribution in [-0.2, 0) is 17.8 Å². The minimum Gasteiger partial charge on any atom is -0.497 e. The van der Waals surface area contributed by atoms with Gasteiger partial charge in [-0.1, -0.05) is 32.0 Å². The number of methoxy groups -OCH3 is 1. The Labute approximate surface area is 203 Å². The average Bonchev–Trinajstić information content (AvgIpc) is 2.90. The molecule has 0 aliphatic heterocycles. The number of hydrogen-bond donors (Lipinski definition) is 1. The Morgan fingerprint density at radius 1 is 1.00 bits per heavy atom. The van der Waals surface area contributed by atoms with Crippen LogP contribution in [0, 0.1) is 0 Å². The lowest BCUT2D eigenvalue weighted by atomic mass is 10.0. The van der Waals surface area contributed by atoms with Crippen molar-refractivity contribution in [3.63, 3.8) is 0 Å². The number of rotatable bonds is 8. The largest absolute Gasteiger partial charge is 0.497 e. The van der Waals surface area contributed by atoms with Gasteiger partial charge in [-0.15, -0.1) is 0 Å². The van der Waals surface area contributed by atoms with Crippen molar-refractivity contribution in [2.45, 2.75) is 33.2 Å². The van der Waals surface area contributed by atoms with Gasteiger partial charge in [-0.05, 0) is 60.5 Å². The predicted octanol–water partition coefficient (Wildman–Crippen LogP) is 4.87. The minimum atomic E-state index is -0.397. The molecule has 4 aromatic rings. The first-order chi connectivity index (χ1) is 16.9. The molecule has 0 spiro atoms. The van der Waals surface area contributed by atoms with Gasteiger partial charge in [0.05, 0.1) is 30.4 Å². The third-order valence-corrected chi connectivity index (χ3v) is 5.91. The quantitative estimate of drug-likeness (QED) is 0.372. The van der Waals surface area contributed by atoms with Crippen molar-refractivity contribution in [2.75, 3.05) is 12.4 Å². The number of hydrogen-bond acceptors (Lipinski definition) is 5. The highest BCUT2D eigenvalue weighted by atomic mass is 16.5. The molecule has 0 atom stereocenters. The Kier molecular flexibility index (Phi) is 7.06. The summed E-state index contributed by atoms with van der Waals surface area (Å²) < 4.78 is 6.62. The number of Topliss-reactive ketones (excluding diaryl/α,β-unsaturated/α-hetero) is 1. The average molecular weight is 470 g/mol. The second-order valence-electron chi connectivity index (χ2n) is 8.13. The molecule has 0 aliphatic rings. The fourth-order valence-corrected chi connectivity index (χ4v) is 3.89. The maximum atomic E-state index is 13.8. The fraction of sp³-hybridized carbons (Fsp3) is 0.214. The summed E-state index contributed by atoms with van der Waals surface area (Å²) in [6, 6.07) is 19.6. The molecule has 1 N–H and O–H groups in total. The van der Waals surface area contributed by atoms with E-state index in [2.05, 4.69) is 10.3 Å². The van der Waals surface area contributed by atoms with Crippen molar-refractivity contribution in [2.24, 2.45) is 0 Å². The van der Waals surface area contributed by atoms with Crippen molar-refractivity contribution in [3.8, 4) is 17.0 Å². The van der Waals surface area contributed by atoms with Crippen LogP contribution in [0.25, 0.3) is 22.3 Å². The second kappa shape index (κ2) is 10.3. The molecule has 35 heavy (non-hydrogen) atoms. The molecule has 1 heterocycles. The standard InChI is InChI=1S/C28H27N3O4/c1-4-18-10-15-22(29-26(33)5-2)21(16-18)27-28(34)31(24-9-7-6-8-23(24)30-27)17-25(32)19-11-13-20(35-3)14-12-19/h6-16H,4-5,17H2,1-3H3,(H,29,33). The Morgan fingerprint density at radius 3 is 2.43 bits per heavy atom. The van der Waals surface area contributed by atoms with E-state index in [-0.39, 0.29) is 23.9 Å². The van der Waals surface area contributed by atoms with E-state index in [0.717, 1.165) is 12.0 Å². The monoisotopic (exact) mass is 469 g/mol. The summed E-state index contributed by atoms with van der Waals surface area (Å²) in [5.41, 5.74) is 3.47. The normalized spacial score (nSPS) is 10.8. The molecular formula is C28H27N3O4. The summed E-state index contributed by atoms with van der Waals surface area (Å²) in [7, 11) is 1.56. The second-order valence-corrected chi connectivity index (χ2v) is 8.13. The van der Waals surface area contributed by atoms with Gasteiger partial charge >= 0.3 is 0 Å². The van der Waals surface area contributed by atoms with Gasteiger partial charge in [-0.25, -0.2) is 4.98 Å². The Bertz CT molecular complexity index is 1460. The highest BCUT2D eigenvalue weighted by molar-refractivity contribution is 5.97. The summed E-state index contributed by atoms with van der Waals surface area (Å²) in [6.07, 6.45) is 1.06. The molecule has 0 saturated heterocycles. The molecule has 0 aliphatic carbocycles. The molecule has 4 rings (SSSR count). The number of amides is 1. The molecule has 7 heteroatoms. The molecular weight excluding hydrogens is 442 g/mol. The summed E-state index contributed by atoms with van der Waals surface area (Å²) in [4.78, 5) is 43.7. The number of fused-ring (bicyclic) bond motifs is 1. The SMILES string of the molecule is CCC(=O)Nc1ccc(CC)cc1-c1nc2ccccc2n(CC(=O)c2ccc(OC)cc2)c1=O. The molecule has 7 nitrogen and oxygen atoms in total. The van der Waals surface area contributed by atoms with E-state index in [4.69, 9.17) is 4.74 Å². The number of nitrogens with one attached hydrogen (secondary N) is 1. The van der Waals surface area contributed by atoms with Crippen LogP contribution >= 0.6 is 0 Å². The number of carbonyl (C=O) groups is 2. The van der Waals surface area contributed by atoms with Crippen molar-refractivity contribution in [3.05, 3.63) is 88.2 Å². The van der Waals surface area contributed by atoms with E-state index in [1.54, 1.807) is 56.5 Å². The topological polar surface area (TPSA) is 90.3 Å². The Morgan fingerprint density at radius 2 is 1.74 bits per heavy atom. The number of aryl methyl sites for hydroxylation is 1. The minimum absolute atomic E-state index is 0.148. The van der Waals surface area contributed by atoms with Crippen LogP contribution in [0.5, 0.6) is 5.75 Å². The molecule has 1 amide bonds. The molecule has 0 unspecified atom stereocenters. The molecule has 0 radical (unpaired) electrons. The molecule has 0 bridgehead atoms. The summed E-state index contributed by atoms with van der Waals surface area (Å²) >= 11 is 0. The van der Waals surface area contributed by atoms with Crippen molar-refractivity contribution in [1.82, 2.24) is 9.55 Å². The highest BCUT2D eigenvalue weighted by Gasteiger charge is 2.19. The first kappa shape index (κ1) is 23.9. The lowest BCUT2D eigenvalue weighted by molar-refractivity contribution is -0.115. The lowest BCUT2D eigenvalue weighted by Crippen LogP contribution is -2.27. The van der Waals surface area contributed by atoms with Crippen molar-refractivity contribution >= 4 is 28.4 Å². The Balaban J connectivity index is 1.87. The number of para-hydroxylation sites is 2. The summed E-state index contributed by atoms with van der Waals surface area (Å²) in [6.45, 7) is 3.63. The number of benzene rings is 3. The van der Waals surface area contributed by atoms with Crippen LogP contribution < -0.4 is 15.6 Å². The molecule has 3 aromatic carbocycles. The van der Waals surface area contributed by atoms with E-state index in [1.165, 1.54) is 4.57 Å². The zero-order chi connectivity index (χ0) is 24.9. The number of aromatic nitrogens is 2. The van der Waals surface area contributed by atoms with Gasteiger partial charge in [-0.2, -0.15) is 0 Å². The third kappa shape index (κ3) is 4.99. The Hall–Kier alpha value is -4.26. The van der Waals surface area contributed by atoms with Crippen LogP contribution in [0.1, 0.15) is 36.2 Å². The number of anilines is 1. The van der Waals surface area contributed by atoms with Crippen LogP contribution in [0.15, 0.2) is 71.5 Å². The first-order valence-corrected chi connectivity index (χ1v) is 11.5. The zero-order valence-electron chi connectivity index (χ0n) is 20.0. The smallest absolute Gasteiger partial charge is 0.278 e. The fourth-order valence-electron chi connectivity index (χ4n) is 3.89. The van der Waals surface area contributed by atoms with Crippen LogP contribution in [0.4, 0.5) is 5.69 Å². The number of carbonyl (C=O) groups excluding carboxylic acids is 2. The van der Waals surface area contributed by atoms with Gasteiger partial charge in [0.25, 0.3) is 5.56 Å². The summed E-state index contributed by atoms with van der Waals surface area (Å²) in [5.74, 6) is 0.276. The number of ether oxygens (including phenoxy) is 1. The molecule has 0 saturated carbocycles. The van der Waals surface area contributed by atoms with E-state index in [9.17, 15) is 14.4 Å². The maximum absolute atomic E-state index is 13.8. The predicted molar refractivity (Wildman–Crippen MR) is 137 cm³/mol. The van der Waals surface area contributed by atoms with Gasteiger partial charge in [0.2, 0.25) is 5.91 Å². The van der Waals surface area contributed by atoms with E-state index in [1.807, 2.05) is 31.2 Å². The zero-order valence-corrected chi connectivity index (χ0v) is 20.0.